The van der Waals surface area contributed by atoms with Gasteiger partial charge in [0, 0.05) is 32.9 Å². The van der Waals surface area contributed by atoms with Crippen LogP contribution in [0.3, 0.4) is 0 Å². The number of hydrogen-bond acceptors (Lipinski definition) is 5. The van der Waals surface area contributed by atoms with Crippen molar-refractivity contribution in [2.75, 3.05) is 60.5 Å². The molecule has 0 amide bonds. The van der Waals surface area contributed by atoms with Crippen molar-refractivity contribution in [2.45, 2.75) is 65.1 Å². The number of rotatable bonds is 17. The van der Waals surface area contributed by atoms with Gasteiger partial charge in [-0.1, -0.05) is 13.8 Å². The Morgan fingerprint density at radius 3 is 2.16 bits per heavy atom. The molecule has 0 heterocycles. The van der Waals surface area contributed by atoms with Gasteiger partial charge >= 0.3 is 8.56 Å². The molecule has 0 bridgehead atoms. The second kappa shape index (κ2) is 15.1. The third kappa shape index (κ3) is 12.9. The Bertz CT molecular complexity index is 304. The first-order valence-electron chi connectivity index (χ1n) is 10.1. The van der Waals surface area contributed by atoms with Gasteiger partial charge in [-0.05, 0) is 78.9 Å². The molecule has 0 spiro atoms. The minimum atomic E-state index is -1.97. The molecular formula is C19H45N3O2Si. The Balaban J connectivity index is 4.29. The zero-order valence-electron chi connectivity index (χ0n) is 18.1. The van der Waals surface area contributed by atoms with Crippen LogP contribution in [0.1, 0.15) is 46.5 Å². The Morgan fingerprint density at radius 1 is 0.960 bits per heavy atom. The smallest absolute Gasteiger partial charge is 0.335 e. The van der Waals surface area contributed by atoms with E-state index >= 15 is 0 Å². The van der Waals surface area contributed by atoms with Crippen molar-refractivity contribution >= 4 is 8.56 Å². The van der Waals surface area contributed by atoms with E-state index in [0.29, 0.717) is 6.04 Å². The average Bonchev–Trinajstić information content (AvgIpc) is 2.62. The lowest BCUT2D eigenvalue weighted by Crippen LogP contribution is -2.41. The van der Waals surface area contributed by atoms with Crippen molar-refractivity contribution in [3.05, 3.63) is 0 Å². The minimum Gasteiger partial charge on any atom is -0.398 e. The Morgan fingerprint density at radius 2 is 1.60 bits per heavy atom. The first-order valence-corrected chi connectivity index (χ1v) is 12.7. The predicted octanol–water partition coefficient (Wildman–Crippen LogP) is 3.16. The highest BCUT2D eigenvalue weighted by molar-refractivity contribution is 6.66. The van der Waals surface area contributed by atoms with E-state index in [-0.39, 0.29) is 0 Å². The van der Waals surface area contributed by atoms with Gasteiger partial charge in [-0.3, -0.25) is 0 Å². The third-order valence-electron chi connectivity index (χ3n) is 5.12. The van der Waals surface area contributed by atoms with Gasteiger partial charge in [0.1, 0.15) is 0 Å². The van der Waals surface area contributed by atoms with Crippen LogP contribution >= 0.6 is 0 Å². The van der Waals surface area contributed by atoms with Crippen molar-refractivity contribution in [2.24, 2.45) is 0 Å². The number of nitrogens with zero attached hydrogens (tertiary/aromatic N) is 2. The molecule has 0 saturated heterocycles. The molecule has 6 heteroatoms. The van der Waals surface area contributed by atoms with Crippen LogP contribution in [-0.4, -0.2) is 84.9 Å². The molecule has 152 valence electrons. The molecule has 0 aromatic carbocycles. The zero-order valence-corrected chi connectivity index (χ0v) is 19.1. The molecule has 1 N–H and O–H groups in total. The van der Waals surface area contributed by atoms with Crippen LogP contribution < -0.4 is 5.32 Å². The highest BCUT2D eigenvalue weighted by Crippen LogP contribution is 2.12. The fraction of sp³-hybridized carbons (Fsp3) is 1.00. The Labute approximate surface area is 158 Å². The van der Waals surface area contributed by atoms with Gasteiger partial charge in [-0.25, -0.2) is 0 Å². The van der Waals surface area contributed by atoms with E-state index in [0.717, 1.165) is 32.2 Å². The molecule has 5 nitrogen and oxygen atoms in total. The molecule has 0 aromatic heterocycles. The molecule has 0 aliphatic heterocycles. The van der Waals surface area contributed by atoms with Crippen molar-refractivity contribution in [3.63, 3.8) is 0 Å². The average molecular weight is 376 g/mol. The first kappa shape index (κ1) is 25.0. The molecule has 0 aliphatic rings. The van der Waals surface area contributed by atoms with Gasteiger partial charge in [0.2, 0.25) is 0 Å². The van der Waals surface area contributed by atoms with Gasteiger partial charge in [-0.15, -0.1) is 0 Å². The molecule has 25 heavy (non-hydrogen) atoms. The van der Waals surface area contributed by atoms with E-state index in [2.05, 4.69) is 49.5 Å². The summed E-state index contributed by atoms with van der Waals surface area (Å²) in [5, 5.41) is 3.60. The molecule has 1 unspecified atom stereocenters. The summed E-state index contributed by atoms with van der Waals surface area (Å²) < 4.78 is 11.3. The Kier molecular flexibility index (Phi) is 15.1. The number of nitrogens with one attached hydrogen (secondary N) is 1. The summed E-state index contributed by atoms with van der Waals surface area (Å²) in [6, 6.07) is 1.65. The van der Waals surface area contributed by atoms with E-state index in [1.807, 2.05) is 0 Å². The molecule has 0 radical (unpaired) electrons. The van der Waals surface area contributed by atoms with Crippen molar-refractivity contribution in [3.8, 4) is 0 Å². The van der Waals surface area contributed by atoms with Crippen LogP contribution in [0.4, 0.5) is 0 Å². The quantitative estimate of drug-likeness (QED) is 0.312. The van der Waals surface area contributed by atoms with Crippen LogP contribution in [0, 0.1) is 0 Å². The largest absolute Gasteiger partial charge is 0.398 e. The highest BCUT2D eigenvalue weighted by Gasteiger charge is 2.28. The summed E-state index contributed by atoms with van der Waals surface area (Å²) in [6.45, 7) is 15.8. The monoisotopic (exact) mass is 375 g/mol. The maximum atomic E-state index is 5.65. The summed E-state index contributed by atoms with van der Waals surface area (Å²) in [5.41, 5.74) is 0. The molecule has 1 atom stereocenters. The van der Waals surface area contributed by atoms with Crippen LogP contribution in [0.15, 0.2) is 0 Å². The van der Waals surface area contributed by atoms with E-state index in [1.54, 1.807) is 14.2 Å². The van der Waals surface area contributed by atoms with Gasteiger partial charge in [0.15, 0.2) is 0 Å². The molecule has 0 rings (SSSR count). The van der Waals surface area contributed by atoms with Gasteiger partial charge in [0.25, 0.3) is 0 Å². The van der Waals surface area contributed by atoms with Crippen molar-refractivity contribution in [1.29, 1.82) is 0 Å². The van der Waals surface area contributed by atoms with E-state index < -0.39 is 8.56 Å². The third-order valence-corrected chi connectivity index (χ3v) is 7.98. The second-order valence-electron chi connectivity index (χ2n) is 7.41. The van der Waals surface area contributed by atoms with E-state index in [9.17, 15) is 0 Å². The van der Waals surface area contributed by atoms with E-state index in [4.69, 9.17) is 8.85 Å². The maximum Gasteiger partial charge on any atom is 0.335 e. The zero-order chi connectivity index (χ0) is 19.1. The minimum absolute atomic E-state index is 0.619. The molecule has 0 aromatic rings. The summed E-state index contributed by atoms with van der Waals surface area (Å²) in [5.74, 6) is 0. The summed E-state index contributed by atoms with van der Waals surface area (Å²) >= 11 is 0. The first-order chi connectivity index (χ1) is 11.9. The van der Waals surface area contributed by atoms with Crippen LogP contribution in [0.2, 0.25) is 12.6 Å². The summed E-state index contributed by atoms with van der Waals surface area (Å²) in [7, 11) is 3.83. The van der Waals surface area contributed by atoms with Gasteiger partial charge < -0.3 is 24.0 Å². The lowest BCUT2D eigenvalue weighted by molar-refractivity contribution is 0.221. The second-order valence-corrected chi connectivity index (χ2v) is 11.0. The normalized spacial score (nSPS) is 13.8. The Hall–Kier alpha value is 0.0169. The SMILES string of the molecule is CCCN(C)CCCN(CCCNC(C)CC)CC[Si](C)(OC)OC. The fourth-order valence-electron chi connectivity index (χ4n) is 2.84. The lowest BCUT2D eigenvalue weighted by Gasteiger charge is -2.28. The maximum absolute atomic E-state index is 5.65. The lowest BCUT2D eigenvalue weighted by atomic mass is 10.2. The van der Waals surface area contributed by atoms with Crippen LogP contribution in [0.25, 0.3) is 0 Å². The summed E-state index contributed by atoms with van der Waals surface area (Å²) in [6.07, 6.45) is 4.85. The van der Waals surface area contributed by atoms with Crippen molar-refractivity contribution in [1.82, 2.24) is 15.1 Å². The van der Waals surface area contributed by atoms with E-state index in [1.165, 1.54) is 38.8 Å². The topological polar surface area (TPSA) is 37.0 Å². The summed E-state index contributed by atoms with van der Waals surface area (Å²) in [4.78, 5) is 5.03. The molecule has 0 aliphatic carbocycles. The standard InChI is InChI=1S/C19H45N3O2Si/c1-8-13-21(4)14-11-16-22(15-10-12-20-19(3)9-2)17-18-25(7,23-5)24-6/h19-20H,8-18H2,1-7H3. The van der Waals surface area contributed by atoms with Crippen LogP contribution in [0.5, 0.6) is 0 Å². The molecule has 0 saturated carbocycles. The van der Waals surface area contributed by atoms with Gasteiger partial charge in [0.05, 0.1) is 0 Å². The number of hydrogen-bond donors (Lipinski definition) is 1. The highest BCUT2D eigenvalue weighted by atomic mass is 28.4. The van der Waals surface area contributed by atoms with Gasteiger partial charge in [-0.2, -0.15) is 0 Å². The van der Waals surface area contributed by atoms with Crippen molar-refractivity contribution < 1.29 is 8.85 Å². The fourth-order valence-corrected chi connectivity index (χ4v) is 4.13. The van der Waals surface area contributed by atoms with Crippen LogP contribution in [-0.2, 0) is 8.85 Å². The molecule has 0 fully saturated rings. The predicted molar refractivity (Wildman–Crippen MR) is 112 cm³/mol. The molecular weight excluding hydrogens is 330 g/mol.